The molecule has 196 valence electrons. The summed E-state index contributed by atoms with van der Waals surface area (Å²) in [4.78, 5) is 18.0. The lowest BCUT2D eigenvalue weighted by Gasteiger charge is -2.36. The normalized spacial score (nSPS) is 14.5. The van der Waals surface area contributed by atoms with Gasteiger partial charge in [-0.15, -0.1) is 12.4 Å². The Hall–Kier alpha value is -2.48. The molecule has 0 unspecified atom stereocenters. The lowest BCUT2D eigenvalue weighted by atomic mass is 9.96. The van der Waals surface area contributed by atoms with Gasteiger partial charge in [-0.1, -0.05) is 56.6 Å². The van der Waals surface area contributed by atoms with Gasteiger partial charge in [0.2, 0.25) is 0 Å². The van der Waals surface area contributed by atoms with E-state index in [1.807, 2.05) is 48.5 Å². The van der Waals surface area contributed by atoms with Crippen LogP contribution in [0, 0.1) is 0 Å². The monoisotopic (exact) mass is 533 g/mol. The highest BCUT2D eigenvalue weighted by atomic mass is 35.5. The van der Waals surface area contributed by atoms with Crippen molar-refractivity contribution in [3.63, 3.8) is 0 Å². The van der Waals surface area contributed by atoms with E-state index >= 15 is 0 Å². The van der Waals surface area contributed by atoms with Crippen LogP contribution in [0.15, 0.2) is 59.4 Å². The average Bonchev–Trinajstić information content (AvgIpc) is 3.16. The van der Waals surface area contributed by atoms with Gasteiger partial charge in [0, 0.05) is 55.4 Å². The molecular weight excluding hydrogens is 497 g/mol. The van der Waals surface area contributed by atoms with Gasteiger partial charge in [0.15, 0.2) is 0 Å². The minimum absolute atomic E-state index is 0. The Morgan fingerprint density at radius 2 is 1.67 bits per heavy atom. The number of halogens is 2. The first-order valence-corrected chi connectivity index (χ1v) is 12.8. The van der Waals surface area contributed by atoms with Gasteiger partial charge in [-0.3, -0.25) is 9.47 Å². The number of ether oxygens (including phenoxy) is 1. The summed E-state index contributed by atoms with van der Waals surface area (Å²) < 4.78 is 9.24. The topological polar surface area (TPSA) is 55.5 Å². The van der Waals surface area contributed by atoms with Gasteiger partial charge in [0.05, 0.1) is 6.54 Å². The number of piperazine rings is 1. The standard InChI is InChI=1S/C27H36ClN5O2.ClH/c1-27(2,3)25-29-33(26(34)32(25)19-20-35-24-11-5-4-6-12-24)14-8-13-30-15-17-31(18-16-30)23-10-7-9-22(28)21-23;/h4-7,9-12,21H,8,13-20H2,1-3H3;1H. The molecule has 0 radical (unpaired) electrons. The Bertz CT molecular complexity index is 1150. The molecule has 1 saturated heterocycles. The Morgan fingerprint density at radius 3 is 2.33 bits per heavy atom. The predicted octanol–water partition coefficient (Wildman–Crippen LogP) is 4.71. The maximum absolute atomic E-state index is 13.2. The molecule has 0 N–H and O–H groups in total. The number of para-hydroxylation sites is 1. The van der Waals surface area contributed by atoms with E-state index in [2.05, 4.69) is 36.6 Å². The highest BCUT2D eigenvalue weighted by Crippen LogP contribution is 2.21. The summed E-state index contributed by atoms with van der Waals surface area (Å²) in [6.07, 6.45) is 0.887. The number of anilines is 1. The highest BCUT2D eigenvalue weighted by molar-refractivity contribution is 6.30. The second-order valence-electron chi connectivity index (χ2n) is 10.1. The number of aryl methyl sites for hydroxylation is 1. The van der Waals surface area contributed by atoms with Gasteiger partial charge >= 0.3 is 5.69 Å². The molecule has 36 heavy (non-hydrogen) atoms. The van der Waals surface area contributed by atoms with E-state index in [0.29, 0.717) is 19.7 Å². The van der Waals surface area contributed by atoms with E-state index in [4.69, 9.17) is 21.4 Å². The number of nitrogens with zero attached hydrogens (tertiary/aromatic N) is 5. The molecule has 1 aliphatic rings. The van der Waals surface area contributed by atoms with Gasteiger partial charge in [0.1, 0.15) is 18.2 Å². The van der Waals surface area contributed by atoms with E-state index in [1.165, 1.54) is 5.69 Å². The summed E-state index contributed by atoms with van der Waals surface area (Å²) in [6.45, 7) is 12.7. The van der Waals surface area contributed by atoms with Crippen molar-refractivity contribution in [2.45, 2.75) is 45.7 Å². The Balaban J connectivity index is 0.00000361. The van der Waals surface area contributed by atoms with E-state index in [9.17, 15) is 4.79 Å². The van der Waals surface area contributed by atoms with Crippen molar-refractivity contribution in [1.29, 1.82) is 0 Å². The number of aromatic nitrogens is 3. The zero-order valence-corrected chi connectivity index (χ0v) is 23.0. The van der Waals surface area contributed by atoms with Crippen molar-refractivity contribution < 1.29 is 4.74 Å². The molecule has 1 aliphatic heterocycles. The summed E-state index contributed by atoms with van der Waals surface area (Å²) in [6, 6.07) is 17.7. The van der Waals surface area contributed by atoms with E-state index in [-0.39, 0.29) is 23.5 Å². The second-order valence-corrected chi connectivity index (χ2v) is 10.5. The van der Waals surface area contributed by atoms with Crippen LogP contribution in [0.3, 0.4) is 0 Å². The molecule has 4 rings (SSSR count). The van der Waals surface area contributed by atoms with Crippen molar-refractivity contribution in [3.05, 3.63) is 75.9 Å². The fourth-order valence-electron chi connectivity index (χ4n) is 4.46. The average molecular weight is 535 g/mol. The molecule has 2 aromatic carbocycles. The molecule has 0 aliphatic carbocycles. The molecule has 0 atom stereocenters. The van der Waals surface area contributed by atoms with Crippen LogP contribution in [0.25, 0.3) is 0 Å². The maximum Gasteiger partial charge on any atom is 0.346 e. The molecule has 1 aromatic heterocycles. The number of hydrogen-bond donors (Lipinski definition) is 0. The molecule has 2 heterocycles. The van der Waals surface area contributed by atoms with Crippen LogP contribution in [-0.2, 0) is 18.5 Å². The quantitative estimate of drug-likeness (QED) is 0.398. The lowest BCUT2D eigenvalue weighted by Crippen LogP contribution is -2.46. The predicted molar refractivity (Wildman–Crippen MR) is 149 cm³/mol. The Morgan fingerprint density at radius 1 is 0.944 bits per heavy atom. The van der Waals surface area contributed by atoms with Crippen LogP contribution in [0.4, 0.5) is 5.69 Å². The van der Waals surface area contributed by atoms with Crippen molar-refractivity contribution in [2.75, 3.05) is 44.2 Å². The van der Waals surface area contributed by atoms with Crippen molar-refractivity contribution in [1.82, 2.24) is 19.2 Å². The molecular formula is C27H37Cl2N5O2. The molecule has 9 heteroatoms. The molecule has 3 aromatic rings. The first-order chi connectivity index (χ1) is 16.8. The van der Waals surface area contributed by atoms with Crippen LogP contribution >= 0.6 is 24.0 Å². The second kappa shape index (κ2) is 12.7. The van der Waals surface area contributed by atoms with Crippen molar-refractivity contribution >= 4 is 29.7 Å². The molecule has 7 nitrogen and oxygen atoms in total. The summed E-state index contributed by atoms with van der Waals surface area (Å²) in [7, 11) is 0. The zero-order valence-electron chi connectivity index (χ0n) is 21.4. The third-order valence-electron chi connectivity index (χ3n) is 6.31. The van der Waals surface area contributed by atoms with Crippen LogP contribution in [0.1, 0.15) is 33.0 Å². The lowest BCUT2D eigenvalue weighted by molar-refractivity contribution is 0.248. The number of rotatable bonds is 9. The van der Waals surface area contributed by atoms with Crippen molar-refractivity contribution in [2.24, 2.45) is 0 Å². The molecule has 0 saturated carbocycles. The van der Waals surface area contributed by atoms with E-state index < -0.39 is 0 Å². The Labute approximate surface area is 225 Å². The minimum atomic E-state index is -0.228. The van der Waals surface area contributed by atoms with Crippen molar-refractivity contribution in [3.8, 4) is 5.75 Å². The number of benzene rings is 2. The summed E-state index contributed by atoms with van der Waals surface area (Å²) in [5.74, 6) is 1.61. The van der Waals surface area contributed by atoms with Crippen LogP contribution in [0.2, 0.25) is 5.02 Å². The minimum Gasteiger partial charge on any atom is -0.492 e. The van der Waals surface area contributed by atoms with Gasteiger partial charge in [-0.05, 0) is 36.8 Å². The molecule has 0 amide bonds. The maximum atomic E-state index is 13.2. The van der Waals surface area contributed by atoms with Gasteiger partial charge in [-0.2, -0.15) is 5.10 Å². The smallest absolute Gasteiger partial charge is 0.346 e. The van der Waals surface area contributed by atoms with Gasteiger partial charge in [-0.25, -0.2) is 9.48 Å². The fraction of sp³-hybridized carbons (Fsp3) is 0.481. The highest BCUT2D eigenvalue weighted by Gasteiger charge is 2.25. The molecule has 0 spiro atoms. The summed E-state index contributed by atoms with van der Waals surface area (Å²) in [5, 5.41) is 5.50. The first kappa shape index (κ1) is 28.1. The third kappa shape index (κ3) is 7.28. The summed E-state index contributed by atoms with van der Waals surface area (Å²) in [5.41, 5.74) is 0.894. The Kier molecular flexibility index (Phi) is 9.88. The molecule has 1 fully saturated rings. The SMILES string of the molecule is CC(C)(C)c1nn(CCCN2CCN(c3cccc(Cl)c3)CC2)c(=O)n1CCOc1ccccc1.Cl. The van der Waals surface area contributed by atoms with E-state index in [0.717, 1.165) is 55.7 Å². The van der Waals surface area contributed by atoms with Crippen LogP contribution < -0.4 is 15.3 Å². The van der Waals surface area contributed by atoms with Crippen LogP contribution in [-0.4, -0.2) is 58.6 Å². The van der Waals surface area contributed by atoms with Gasteiger partial charge < -0.3 is 9.64 Å². The van der Waals surface area contributed by atoms with Crippen LogP contribution in [0.5, 0.6) is 5.75 Å². The summed E-state index contributed by atoms with van der Waals surface area (Å²) >= 11 is 6.15. The molecule has 0 bridgehead atoms. The van der Waals surface area contributed by atoms with Gasteiger partial charge in [0.25, 0.3) is 0 Å². The fourth-order valence-corrected chi connectivity index (χ4v) is 4.65. The van der Waals surface area contributed by atoms with E-state index in [1.54, 1.807) is 9.25 Å². The number of hydrogen-bond acceptors (Lipinski definition) is 5. The third-order valence-corrected chi connectivity index (χ3v) is 6.55. The largest absolute Gasteiger partial charge is 0.492 e. The first-order valence-electron chi connectivity index (χ1n) is 12.4. The zero-order chi connectivity index (χ0) is 24.8.